The standard InChI is InChI=1S/C15H26N4O5/c1-14(2,3)23-11(20)10(17-13(22)24-15(4,5)6)7-8-19-9-16-18-12(19)21/h9-10H,7-8H2,1-6H3,(H,17,22)(H,18,21)/t10-/m0/s1. The van der Waals surface area contributed by atoms with Crippen molar-refractivity contribution in [3.8, 4) is 0 Å². The van der Waals surface area contributed by atoms with Crippen LogP contribution in [0.4, 0.5) is 4.79 Å². The van der Waals surface area contributed by atoms with Crippen LogP contribution in [0.15, 0.2) is 11.1 Å². The molecule has 0 spiro atoms. The van der Waals surface area contributed by atoms with Gasteiger partial charge in [0.15, 0.2) is 0 Å². The molecule has 1 amide bonds. The Morgan fingerprint density at radius 3 is 2.25 bits per heavy atom. The fourth-order valence-electron chi connectivity index (χ4n) is 1.77. The highest BCUT2D eigenvalue weighted by Crippen LogP contribution is 2.12. The number of nitrogens with zero attached hydrogens (tertiary/aromatic N) is 2. The summed E-state index contributed by atoms with van der Waals surface area (Å²) in [5.41, 5.74) is -1.78. The molecular weight excluding hydrogens is 316 g/mol. The minimum absolute atomic E-state index is 0.160. The van der Waals surface area contributed by atoms with Gasteiger partial charge in [0.25, 0.3) is 0 Å². The van der Waals surface area contributed by atoms with Gasteiger partial charge in [-0.1, -0.05) is 0 Å². The number of hydrogen-bond donors (Lipinski definition) is 2. The van der Waals surface area contributed by atoms with E-state index in [0.717, 1.165) is 0 Å². The highest BCUT2D eigenvalue weighted by atomic mass is 16.6. The average Bonchev–Trinajstić information content (AvgIpc) is 2.75. The normalized spacial score (nSPS) is 13.2. The molecule has 0 radical (unpaired) electrons. The Morgan fingerprint density at radius 2 is 1.79 bits per heavy atom. The van der Waals surface area contributed by atoms with E-state index < -0.39 is 35.0 Å². The molecule has 0 aromatic carbocycles. The number of esters is 1. The molecular formula is C15H26N4O5. The van der Waals surface area contributed by atoms with Crippen molar-refractivity contribution < 1.29 is 19.1 Å². The Bertz CT molecular complexity index is 621. The van der Waals surface area contributed by atoms with Crippen LogP contribution in [0.1, 0.15) is 48.0 Å². The molecule has 0 saturated carbocycles. The van der Waals surface area contributed by atoms with E-state index in [1.54, 1.807) is 41.5 Å². The van der Waals surface area contributed by atoms with Crippen molar-refractivity contribution in [1.29, 1.82) is 0 Å². The number of carbonyl (C=O) groups excluding carboxylic acids is 2. The van der Waals surface area contributed by atoms with Gasteiger partial charge in [-0.05, 0) is 48.0 Å². The third kappa shape index (κ3) is 7.30. The molecule has 1 aromatic heterocycles. The lowest BCUT2D eigenvalue weighted by Crippen LogP contribution is -2.46. The van der Waals surface area contributed by atoms with E-state index >= 15 is 0 Å². The summed E-state index contributed by atoms with van der Waals surface area (Å²) < 4.78 is 11.8. The van der Waals surface area contributed by atoms with Crippen LogP contribution in [-0.4, -0.2) is 44.1 Å². The zero-order chi connectivity index (χ0) is 18.5. The van der Waals surface area contributed by atoms with Gasteiger partial charge in [0.1, 0.15) is 23.6 Å². The molecule has 9 nitrogen and oxygen atoms in total. The number of hydrogen-bond acceptors (Lipinski definition) is 6. The van der Waals surface area contributed by atoms with Gasteiger partial charge in [0, 0.05) is 6.54 Å². The van der Waals surface area contributed by atoms with Gasteiger partial charge in [-0.3, -0.25) is 4.57 Å². The van der Waals surface area contributed by atoms with E-state index in [-0.39, 0.29) is 13.0 Å². The first-order valence-electron chi connectivity index (χ1n) is 7.69. The van der Waals surface area contributed by atoms with Crippen molar-refractivity contribution in [2.45, 2.75) is 71.8 Å². The zero-order valence-electron chi connectivity index (χ0n) is 15.0. The second-order valence-electron chi connectivity index (χ2n) is 7.38. The van der Waals surface area contributed by atoms with E-state index in [9.17, 15) is 14.4 Å². The maximum absolute atomic E-state index is 12.3. The Balaban J connectivity index is 2.78. The molecule has 0 bridgehead atoms. The number of H-pyrrole nitrogens is 1. The Kier molecular flexibility index (Phi) is 6.16. The first-order chi connectivity index (χ1) is 10.9. The molecule has 9 heteroatoms. The predicted molar refractivity (Wildman–Crippen MR) is 86.5 cm³/mol. The van der Waals surface area contributed by atoms with E-state index in [0.29, 0.717) is 0 Å². The molecule has 1 rings (SSSR count). The molecule has 0 saturated heterocycles. The highest BCUT2D eigenvalue weighted by Gasteiger charge is 2.28. The third-order valence-corrected chi connectivity index (χ3v) is 2.66. The maximum Gasteiger partial charge on any atom is 0.408 e. The van der Waals surface area contributed by atoms with Crippen molar-refractivity contribution in [2.75, 3.05) is 0 Å². The number of alkyl carbamates (subject to hydrolysis) is 1. The lowest BCUT2D eigenvalue weighted by molar-refractivity contribution is -0.157. The molecule has 0 unspecified atom stereocenters. The summed E-state index contributed by atoms with van der Waals surface area (Å²) >= 11 is 0. The van der Waals surface area contributed by atoms with Crippen molar-refractivity contribution in [3.05, 3.63) is 16.8 Å². The number of ether oxygens (including phenoxy) is 2. The van der Waals surface area contributed by atoms with Gasteiger partial charge in [0.2, 0.25) is 0 Å². The minimum atomic E-state index is -0.944. The number of aromatic amines is 1. The first-order valence-corrected chi connectivity index (χ1v) is 7.69. The van der Waals surface area contributed by atoms with E-state index in [1.165, 1.54) is 10.9 Å². The van der Waals surface area contributed by atoms with Crippen LogP contribution in [0.25, 0.3) is 0 Å². The lowest BCUT2D eigenvalue weighted by atomic mass is 10.1. The highest BCUT2D eigenvalue weighted by molar-refractivity contribution is 5.81. The van der Waals surface area contributed by atoms with Crippen LogP contribution in [-0.2, 0) is 20.8 Å². The fourth-order valence-corrected chi connectivity index (χ4v) is 1.77. The topological polar surface area (TPSA) is 115 Å². The van der Waals surface area contributed by atoms with Crippen molar-refractivity contribution in [3.63, 3.8) is 0 Å². The SMILES string of the molecule is CC(C)(C)OC(=O)N[C@@H](CCn1cn[nH]c1=O)C(=O)OC(C)(C)C. The summed E-state index contributed by atoms with van der Waals surface area (Å²) in [6.45, 7) is 10.6. The zero-order valence-corrected chi connectivity index (χ0v) is 15.0. The van der Waals surface area contributed by atoms with Crippen LogP contribution in [0.3, 0.4) is 0 Å². The van der Waals surface area contributed by atoms with Crippen molar-refractivity contribution in [2.24, 2.45) is 0 Å². The van der Waals surface area contributed by atoms with Crippen molar-refractivity contribution in [1.82, 2.24) is 20.1 Å². The predicted octanol–water partition coefficient (Wildman–Crippen LogP) is 1.20. The fraction of sp³-hybridized carbons (Fsp3) is 0.733. The summed E-state index contributed by atoms with van der Waals surface area (Å²) in [5, 5.41) is 8.37. The molecule has 136 valence electrons. The summed E-state index contributed by atoms with van der Waals surface area (Å²) in [4.78, 5) is 35.7. The van der Waals surface area contributed by atoms with Crippen LogP contribution < -0.4 is 11.0 Å². The van der Waals surface area contributed by atoms with Gasteiger partial charge in [-0.25, -0.2) is 19.5 Å². The van der Waals surface area contributed by atoms with Gasteiger partial charge < -0.3 is 14.8 Å². The summed E-state index contributed by atoms with van der Waals surface area (Å²) in [5.74, 6) is -0.593. The summed E-state index contributed by atoms with van der Waals surface area (Å²) in [6, 6.07) is -0.944. The number of nitrogens with one attached hydrogen (secondary N) is 2. The van der Waals surface area contributed by atoms with E-state index in [1.807, 2.05) is 0 Å². The monoisotopic (exact) mass is 342 g/mol. The Labute approximate surface area is 140 Å². The number of aryl methyl sites for hydroxylation is 1. The molecule has 1 heterocycles. The van der Waals surface area contributed by atoms with Gasteiger partial charge in [-0.2, -0.15) is 5.10 Å². The molecule has 0 aliphatic rings. The minimum Gasteiger partial charge on any atom is -0.458 e. The Morgan fingerprint density at radius 1 is 1.21 bits per heavy atom. The van der Waals surface area contributed by atoms with Gasteiger partial charge in [0.05, 0.1) is 0 Å². The van der Waals surface area contributed by atoms with Gasteiger partial charge >= 0.3 is 17.8 Å². The molecule has 1 atom stereocenters. The molecule has 24 heavy (non-hydrogen) atoms. The lowest BCUT2D eigenvalue weighted by Gasteiger charge is -2.26. The van der Waals surface area contributed by atoms with Crippen LogP contribution in [0, 0.1) is 0 Å². The average molecular weight is 342 g/mol. The maximum atomic E-state index is 12.3. The molecule has 0 fully saturated rings. The number of rotatable bonds is 5. The Hall–Kier alpha value is -2.32. The smallest absolute Gasteiger partial charge is 0.408 e. The number of aromatic nitrogens is 3. The second kappa shape index (κ2) is 7.50. The third-order valence-electron chi connectivity index (χ3n) is 2.66. The summed E-state index contributed by atoms with van der Waals surface area (Å²) in [7, 11) is 0. The van der Waals surface area contributed by atoms with E-state index in [2.05, 4.69) is 15.5 Å². The summed E-state index contributed by atoms with van der Waals surface area (Å²) in [6.07, 6.45) is 0.758. The van der Waals surface area contributed by atoms with Crippen molar-refractivity contribution >= 4 is 12.1 Å². The van der Waals surface area contributed by atoms with Gasteiger partial charge in [-0.15, -0.1) is 0 Å². The molecule has 2 N–H and O–H groups in total. The molecule has 1 aromatic rings. The number of amides is 1. The largest absolute Gasteiger partial charge is 0.458 e. The molecule has 0 aliphatic heterocycles. The van der Waals surface area contributed by atoms with Crippen LogP contribution >= 0.6 is 0 Å². The van der Waals surface area contributed by atoms with Crippen LogP contribution in [0.5, 0.6) is 0 Å². The first kappa shape index (κ1) is 19.7. The molecule has 0 aliphatic carbocycles. The number of carbonyl (C=O) groups is 2. The van der Waals surface area contributed by atoms with Crippen LogP contribution in [0.2, 0.25) is 0 Å². The second-order valence-corrected chi connectivity index (χ2v) is 7.38. The van der Waals surface area contributed by atoms with E-state index in [4.69, 9.17) is 9.47 Å². The quantitative estimate of drug-likeness (QED) is 0.777.